The molecule has 1 atom stereocenters. The first-order chi connectivity index (χ1) is 5.83. The van der Waals surface area contributed by atoms with Gasteiger partial charge >= 0.3 is 0 Å². The van der Waals surface area contributed by atoms with Crippen LogP contribution in [0.2, 0.25) is 0 Å². The molecule has 66 valence electrons. The average molecular weight is 166 g/mol. The molecule has 1 aliphatic heterocycles. The summed E-state index contributed by atoms with van der Waals surface area (Å²) in [7, 11) is 0. The molecule has 1 heterocycles. The van der Waals surface area contributed by atoms with Crippen molar-refractivity contribution in [1.82, 2.24) is 0 Å². The van der Waals surface area contributed by atoms with Crippen molar-refractivity contribution >= 4 is 5.78 Å². The number of hydrogen-bond donors (Lipinski definition) is 0. The summed E-state index contributed by atoms with van der Waals surface area (Å²) in [5.41, 5.74) is 0. The zero-order chi connectivity index (χ0) is 8.81. The highest BCUT2D eigenvalue weighted by molar-refractivity contribution is 5.81. The van der Waals surface area contributed by atoms with E-state index in [0.29, 0.717) is 18.8 Å². The molecule has 0 N–H and O–H groups in total. The van der Waals surface area contributed by atoms with E-state index in [-0.39, 0.29) is 5.78 Å². The van der Waals surface area contributed by atoms with Gasteiger partial charge in [-0.15, -0.1) is 5.92 Å². The van der Waals surface area contributed by atoms with E-state index >= 15 is 0 Å². The highest BCUT2D eigenvalue weighted by Gasteiger charge is 2.18. The van der Waals surface area contributed by atoms with Gasteiger partial charge in [0.1, 0.15) is 5.78 Å². The summed E-state index contributed by atoms with van der Waals surface area (Å²) in [6, 6.07) is 0. The Bertz CT molecular complexity index is 204. The molecule has 0 aromatic heterocycles. The Kier molecular flexibility index (Phi) is 3.83. The third-order valence-corrected chi connectivity index (χ3v) is 2.00. The van der Waals surface area contributed by atoms with Crippen molar-refractivity contribution in [3.63, 3.8) is 0 Å². The van der Waals surface area contributed by atoms with Gasteiger partial charge in [0.25, 0.3) is 0 Å². The Morgan fingerprint density at radius 1 is 1.67 bits per heavy atom. The molecule has 0 spiro atoms. The molecule has 2 heteroatoms. The van der Waals surface area contributed by atoms with E-state index in [9.17, 15) is 4.79 Å². The van der Waals surface area contributed by atoms with E-state index in [4.69, 9.17) is 4.74 Å². The van der Waals surface area contributed by atoms with Crippen molar-refractivity contribution in [2.75, 3.05) is 13.2 Å². The van der Waals surface area contributed by atoms with Crippen LogP contribution in [0.25, 0.3) is 0 Å². The number of ether oxygens (including phenoxy) is 1. The molecule has 1 saturated heterocycles. The fraction of sp³-hybridized carbons (Fsp3) is 0.700. The van der Waals surface area contributed by atoms with Gasteiger partial charge in [-0.2, -0.15) is 0 Å². The van der Waals surface area contributed by atoms with Gasteiger partial charge in [-0.25, -0.2) is 0 Å². The third kappa shape index (κ3) is 3.06. The van der Waals surface area contributed by atoms with Gasteiger partial charge in [0, 0.05) is 19.6 Å². The first kappa shape index (κ1) is 9.28. The Labute approximate surface area is 73.3 Å². The average Bonchev–Trinajstić information content (AvgIpc) is 2.53. The topological polar surface area (TPSA) is 26.3 Å². The molecule has 1 fully saturated rings. The second-order valence-electron chi connectivity index (χ2n) is 3.08. The largest absolute Gasteiger partial charge is 0.381 e. The molecule has 2 nitrogen and oxygen atoms in total. The molecule has 1 rings (SSSR count). The van der Waals surface area contributed by atoms with Gasteiger partial charge in [-0.05, 0) is 19.3 Å². The van der Waals surface area contributed by atoms with Crippen molar-refractivity contribution in [1.29, 1.82) is 0 Å². The summed E-state index contributed by atoms with van der Waals surface area (Å²) in [5, 5.41) is 0. The van der Waals surface area contributed by atoms with Gasteiger partial charge in [0.15, 0.2) is 0 Å². The van der Waals surface area contributed by atoms with Gasteiger partial charge < -0.3 is 4.74 Å². The lowest BCUT2D eigenvalue weighted by atomic mass is 10.0. The Morgan fingerprint density at radius 2 is 2.50 bits per heavy atom. The van der Waals surface area contributed by atoms with Crippen LogP contribution in [0.3, 0.4) is 0 Å². The van der Waals surface area contributed by atoms with Crippen LogP contribution in [-0.2, 0) is 9.53 Å². The smallest absolute Gasteiger partial charge is 0.145 e. The van der Waals surface area contributed by atoms with Crippen molar-refractivity contribution in [2.45, 2.75) is 26.2 Å². The maximum absolute atomic E-state index is 11.2. The zero-order valence-electron chi connectivity index (χ0n) is 7.43. The second-order valence-corrected chi connectivity index (χ2v) is 3.08. The van der Waals surface area contributed by atoms with Crippen molar-refractivity contribution in [3.05, 3.63) is 0 Å². The summed E-state index contributed by atoms with van der Waals surface area (Å²) in [4.78, 5) is 11.2. The molecule has 0 bridgehead atoms. The second kappa shape index (κ2) is 4.95. The lowest BCUT2D eigenvalue weighted by Crippen LogP contribution is -2.07. The molecule has 0 aromatic carbocycles. The minimum absolute atomic E-state index is 0.250. The van der Waals surface area contributed by atoms with Crippen LogP contribution in [0.15, 0.2) is 0 Å². The van der Waals surface area contributed by atoms with E-state index < -0.39 is 0 Å². The van der Waals surface area contributed by atoms with Crippen LogP contribution in [0.1, 0.15) is 26.2 Å². The molecule has 0 aliphatic carbocycles. The number of Topliss-reactive ketones (excluding diaryl/α,β-unsaturated/α-hetero) is 1. The van der Waals surface area contributed by atoms with Crippen molar-refractivity contribution in [3.8, 4) is 11.8 Å². The van der Waals surface area contributed by atoms with E-state index in [1.54, 1.807) is 6.92 Å². The van der Waals surface area contributed by atoms with Crippen LogP contribution in [0.5, 0.6) is 0 Å². The van der Waals surface area contributed by atoms with Gasteiger partial charge in [-0.3, -0.25) is 4.79 Å². The molecule has 0 saturated carbocycles. The van der Waals surface area contributed by atoms with E-state index in [0.717, 1.165) is 19.6 Å². The Hall–Kier alpha value is -0.810. The van der Waals surface area contributed by atoms with Crippen LogP contribution >= 0.6 is 0 Å². The Balaban J connectivity index is 2.19. The lowest BCUT2D eigenvalue weighted by molar-refractivity contribution is -0.119. The summed E-state index contributed by atoms with van der Waals surface area (Å²) in [6.07, 6.45) is 2.09. The molecule has 1 unspecified atom stereocenters. The number of carbonyl (C=O) groups excluding carboxylic acids is 1. The number of carbonyl (C=O) groups is 1. The SMILES string of the molecule is CC#CCC(=O)CC1CCOC1. The maximum Gasteiger partial charge on any atom is 0.145 e. The van der Waals surface area contributed by atoms with Crippen LogP contribution in [0.4, 0.5) is 0 Å². The van der Waals surface area contributed by atoms with E-state index in [1.165, 1.54) is 0 Å². The van der Waals surface area contributed by atoms with Crippen LogP contribution < -0.4 is 0 Å². The van der Waals surface area contributed by atoms with Crippen molar-refractivity contribution in [2.24, 2.45) is 5.92 Å². The molecular formula is C10H14O2. The maximum atomic E-state index is 11.2. The minimum atomic E-state index is 0.250. The summed E-state index contributed by atoms with van der Waals surface area (Å²) in [5.74, 6) is 6.21. The Morgan fingerprint density at radius 3 is 3.08 bits per heavy atom. The van der Waals surface area contributed by atoms with Gasteiger partial charge in [-0.1, -0.05) is 5.92 Å². The highest BCUT2D eigenvalue weighted by Crippen LogP contribution is 2.16. The zero-order valence-corrected chi connectivity index (χ0v) is 7.43. The van der Waals surface area contributed by atoms with E-state index in [2.05, 4.69) is 11.8 Å². The fourth-order valence-electron chi connectivity index (χ4n) is 1.33. The molecule has 1 aliphatic rings. The van der Waals surface area contributed by atoms with Crippen LogP contribution in [0, 0.1) is 17.8 Å². The number of ketones is 1. The molecule has 0 aromatic rings. The number of rotatable bonds is 3. The molecule has 0 radical (unpaired) electrons. The monoisotopic (exact) mass is 166 g/mol. The molecule has 0 amide bonds. The first-order valence-corrected chi connectivity index (χ1v) is 4.32. The molecule has 12 heavy (non-hydrogen) atoms. The summed E-state index contributed by atoms with van der Waals surface area (Å²) >= 11 is 0. The van der Waals surface area contributed by atoms with E-state index in [1.807, 2.05) is 0 Å². The lowest BCUT2D eigenvalue weighted by Gasteiger charge is -2.02. The predicted octanol–water partition coefficient (Wildman–Crippen LogP) is 1.40. The normalized spacial score (nSPS) is 21.6. The fourth-order valence-corrected chi connectivity index (χ4v) is 1.33. The quantitative estimate of drug-likeness (QED) is 0.592. The van der Waals surface area contributed by atoms with Crippen LogP contribution in [-0.4, -0.2) is 19.0 Å². The predicted molar refractivity (Wildman–Crippen MR) is 46.6 cm³/mol. The third-order valence-electron chi connectivity index (χ3n) is 2.00. The summed E-state index contributed by atoms with van der Waals surface area (Å²) in [6.45, 7) is 3.33. The van der Waals surface area contributed by atoms with Crippen molar-refractivity contribution < 1.29 is 9.53 Å². The van der Waals surface area contributed by atoms with Gasteiger partial charge in [0.2, 0.25) is 0 Å². The number of hydrogen-bond acceptors (Lipinski definition) is 2. The highest BCUT2D eigenvalue weighted by atomic mass is 16.5. The first-order valence-electron chi connectivity index (χ1n) is 4.32. The van der Waals surface area contributed by atoms with Gasteiger partial charge in [0.05, 0.1) is 6.42 Å². The summed E-state index contributed by atoms with van der Waals surface area (Å²) < 4.78 is 5.17. The minimum Gasteiger partial charge on any atom is -0.381 e. The molecular weight excluding hydrogens is 152 g/mol. The standard InChI is InChI=1S/C10H14O2/c1-2-3-4-10(11)7-9-5-6-12-8-9/h9H,4-8H2,1H3.